The van der Waals surface area contributed by atoms with Crippen molar-refractivity contribution in [1.29, 1.82) is 0 Å². The van der Waals surface area contributed by atoms with Gasteiger partial charge in [0.2, 0.25) is 5.91 Å². The molecule has 9 nitrogen and oxygen atoms in total. The van der Waals surface area contributed by atoms with Gasteiger partial charge in [0.25, 0.3) is 0 Å². The molecule has 1 aromatic heterocycles. The van der Waals surface area contributed by atoms with E-state index in [0.717, 1.165) is 15.9 Å². The lowest BCUT2D eigenvalue weighted by atomic mass is 9.79. The molecule has 1 aliphatic heterocycles. The monoisotopic (exact) mass is 776 g/mol. The van der Waals surface area contributed by atoms with E-state index in [0.29, 0.717) is 16.7 Å². The van der Waals surface area contributed by atoms with Crippen molar-refractivity contribution in [3.63, 3.8) is 0 Å². The number of amides is 1. The van der Waals surface area contributed by atoms with E-state index in [1.165, 1.54) is 10.6 Å². The molecule has 0 bridgehead atoms. The summed E-state index contributed by atoms with van der Waals surface area (Å²) in [6.45, 7) is 13.1. The molecule has 0 unspecified atom stereocenters. The van der Waals surface area contributed by atoms with Gasteiger partial charge in [-0.25, -0.2) is 9.59 Å². The summed E-state index contributed by atoms with van der Waals surface area (Å²) in [6, 6.07) is 33.4. The third kappa shape index (κ3) is 7.26. The minimum Gasteiger partial charge on any atom is -0.457 e. The number of fused-ring (bicyclic) bond motifs is 1. The zero-order valence-corrected chi connectivity index (χ0v) is 34.4. The van der Waals surface area contributed by atoms with Crippen LogP contribution in [0.15, 0.2) is 131 Å². The third-order valence-electron chi connectivity index (χ3n) is 11.1. The molecule has 0 saturated carbocycles. The number of benzene rings is 4. The van der Waals surface area contributed by atoms with Gasteiger partial charge in [-0.3, -0.25) is 14.2 Å². The van der Waals surface area contributed by atoms with Crippen LogP contribution in [0.3, 0.4) is 0 Å². The summed E-state index contributed by atoms with van der Waals surface area (Å²) in [5, 5.41) is 2.39. The van der Waals surface area contributed by atoms with Crippen LogP contribution in [-0.2, 0) is 25.8 Å². The van der Waals surface area contributed by atoms with E-state index in [1.807, 2.05) is 97.9 Å². The minimum absolute atomic E-state index is 0.0793. The van der Waals surface area contributed by atoms with Crippen LogP contribution in [0.2, 0.25) is 18.1 Å². The van der Waals surface area contributed by atoms with Gasteiger partial charge in [-0.1, -0.05) is 124 Å². The number of aromatic nitrogens is 1. The van der Waals surface area contributed by atoms with E-state index in [1.54, 1.807) is 30.1 Å². The van der Waals surface area contributed by atoms with Gasteiger partial charge in [-0.15, -0.1) is 0 Å². The Kier molecular flexibility index (Phi) is 11.3. The van der Waals surface area contributed by atoms with Crippen molar-refractivity contribution in [1.82, 2.24) is 9.47 Å². The van der Waals surface area contributed by atoms with Crippen molar-refractivity contribution in [2.75, 3.05) is 6.61 Å². The van der Waals surface area contributed by atoms with Crippen molar-refractivity contribution >= 4 is 65.3 Å². The lowest BCUT2D eigenvalue weighted by molar-refractivity contribution is -0.156. The molecule has 0 aliphatic carbocycles. The standard InChI is InChI=1S/C44H49N2O7PSi/c1-9-27-51-42(49)41(54(32-19-13-10-14-20-32,33-21-15-11-16-22-33)34-23-17-12-18-24-34)46-36(39(40(46)48)30(2)53-55(7,8)44(3,4)5)29-37(47)31-25-26-38-35(28-31)45(6)43(50)52-38/h9-26,28,30,36,39H,1,27,29H2,2-8H3/t30-,36-,39-/m1/s1. The minimum atomic E-state index is -3.21. The number of rotatable bonds is 13. The van der Waals surface area contributed by atoms with Gasteiger partial charge >= 0.3 is 11.7 Å². The Bertz CT molecular complexity index is 2240. The second-order valence-corrected chi connectivity index (χ2v) is 23.6. The number of Topliss-reactive ketones (excluding diaryl/α,β-unsaturated/α-hetero) is 1. The SMILES string of the molecule is C=CCOC(=O)C(N1C(=O)[C@H]([C@@H](C)O[Si](C)(C)C(C)(C)C)[C@H]1CC(=O)c1ccc2oc(=O)n(C)c2c1)=P(c1ccccc1)(c1ccccc1)c1ccccc1. The predicted molar refractivity (Wildman–Crippen MR) is 224 cm³/mol. The number of ether oxygens (including phenoxy) is 1. The highest BCUT2D eigenvalue weighted by atomic mass is 31.2. The zero-order chi connectivity index (χ0) is 39.7. The van der Waals surface area contributed by atoms with Crippen molar-refractivity contribution in [3.05, 3.63) is 138 Å². The largest absolute Gasteiger partial charge is 0.457 e. The number of hydrogen-bond acceptors (Lipinski definition) is 7. The van der Waals surface area contributed by atoms with Gasteiger partial charge in [0.1, 0.15) is 12.0 Å². The first-order valence-electron chi connectivity index (χ1n) is 18.5. The smallest absolute Gasteiger partial charge is 0.419 e. The van der Waals surface area contributed by atoms with Crippen LogP contribution in [0.4, 0.5) is 0 Å². The average molecular weight is 777 g/mol. The molecule has 286 valence electrons. The first-order valence-corrected chi connectivity index (χ1v) is 23.2. The molecular weight excluding hydrogens is 728 g/mol. The van der Waals surface area contributed by atoms with Gasteiger partial charge < -0.3 is 18.5 Å². The highest BCUT2D eigenvalue weighted by Gasteiger charge is 2.57. The summed E-state index contributed by atoms with van der Waals surface area (Å²) in [6.07, 6.45) is 0.817. The van der Waals surface area contributed by atoms with Gasteiger partial charge in [-0.05, 0) is 59.2 Å². The quantitative estimate of drug-likeness (QED) is 0.0324. The van der Waals surface area contributed by atoms with Gasteiger partial charge in [0, 0.05) is 25.9 Å². The second kappa shape index (κ2) is 15.6. The van der Waals surface area contributed by atoms with Crippen LogP contribution in [0.5, 0.6) is 0 Å². The number of carbonyl (C=O) groups is 3. The lowest BCUT2D eigenvalue weighted by Gasteiger charge is -2.53. The molecule has 1 amide bonds. The van der Waals surface area contributed by atoms with Gasteiger partial charge in [0.15, 0.2) is 19.7 Å². The summed E-state index contributed by atoms with van der Waals surface area (Å²) in [5.41, 5.74) is 1.38. The Morgan fingerprint density at radius 2 is 1.42 bits per heavy atom. The summed E-state index contributed by atoms with van der Waals surface area (Å²) >= 11 is 0. The highest BCUT2D eigenvalue weighted by Crippen LogP contribution is 2.51. The van der Waals surface area contributed by atoms with Crippen LogP contribution in [0.25, 0.3) is 11.1 Å². The molecule has 3 atom stereocenters. The molecule has 2 heterocycles. The lowest BCUT2D eigenvalue weighted by Crippen LogP contribution is -2.69. The van der Waals surface area contributed by atoms with Gasteiger partial charge in [-0.2, -0.15) is 0 Å². The Labute approximate surface area is 323 Å². The normalized spacial score (nSPS) is 16.7. The van der Waals surface area contributed by atoms with E-state index in [2.05, 4.69) is 40.4 Å². The third-order valence-corrected chi connectivity index (χ3v) is 19.9. The number of likely N-dealkylation sites (tertiary alicyclic amines) is 1. The first kappa shape index (κ1) is 39.7. The number of ketones is 1. The maximum absolute atomic E-state index is 15.1. The van der Waals surface area contributed by atoms with Gasteiger partial charge in [0.05, 0.1) is 23.6 Å². The fraction of sp³-hybridized carbons (Fsp3) is 0.295. The number of β-lactam (4-membered cyclic amide) rings is 1. The summed E-state index contributed by atoms with van der Waals surface area (Å²) in [7, 11) is -0.811. The van der Waals surface area contributed by atoms with Crippen LogP contribution in [0, 0.1) is 5.92 Å². The molecule has 1 fully saturated rings. The van der Waals surface area contributed by atoms with Crippen molar-refractivity contribution < 1.29 is 28.0 Å². The molecule has 6 rings (SSSR count). The predicted octanol–water partition coefficient (Wildman–Crippen LogP) is 6.79. The number of oxazole rings is 1. The summed E-state index contributed by atoms with van der Waals surface area (Å²) < 4.78 is 19.5. The Balaban J connectivity index is 1.64. The maximum Gasteiger partial charge on any atom is 0.419 e. The molecule has 1 aliphatic rings. The number of esters is 1. The van der Waals surface area contributed by atoms with E-state index >= 15 is 4.79 Å². The molecule has 4 aromatic carbocycles. The summed E-state index contributed by atoms with van der Waals surface area (Å²) in [5.74, 6) is -2.51. The number of nitrogens with zero attached hydrogens (tertiary/aromatic N) is 2. The maximum atomic E-state index is 15.1. The fourth-order valence-electron chi connectivity index (χ4n) is 7.25. The average Bonchev–Trinajstić information content (AvgIpc) is 3.45. The van der Waals surface area contributed by atoms with E-state index < -0.39 is 45.0 Å². The zero-order valence-electron chi connectivity index (χ0n) is 32.5. The fourth-order valence-corrected chi connectivity index (χ4v) is 13.1. The molecule has 55 heavy (non-hydrogen) atoms. The Morgan fingerprint density at radius 1 is 0.891 bits per heavy atom. The van der Waals surface area contributed by atoms with Crippen LogP contribution < -0.4 is 21.7 Å². The molecule has 5 aromatic rings. The number of aryl methyl sites for hydroxylation is 1. The van der Waals surface area contributed by atoms with E-state index in [-0.39, 0.29) is 35.2 Å². The molecule has 0 N–H and O–H groups in total. The number of hydrogen-bond donors (Lipinski definition) is 0. The number of carbonyl (C=O) groups excluding carboxylic acids is 3. The van der Waals surface area contributed by atoms with E-state index in [4.69, 9.17) is 13.6 Å². The molecule has 0 spiro atoms. The molecule has 0 radical (unpaired) electrons. The van der Waals surface area contributed by atoms with Crippen LogP contribution >= 0.6 is 6.89 Å². The second-order valence-electron chi connectivity index (χ2n) is 15.5. The highest BCUT2D eigenvalue weighted by molar-refractivity contribution is 7.96. The first-order chi connectivity index (χ1) is 26.1. The van der Waals surface area contributed by atoms with Crippen LogP contribution in [-0.4, -0.2) is 59.6 Å². The van der Waals surface area contributed by atoms with Crippen molar-refractivity contribution in [2.45, 2.75) is 64.4 Å². The molecular formula is C44H49N2O7PSi. The van der Waals surface area contributed by atoms with Crippen molar-refractivity contribution in [2.24, 2.45) is 13.0 Å². The van der Waals surface area contributed by atoms with Crippen LogP contribution in [0.1, 0.15) is 44.5 Å². The Morgan fingerprint density at radius 3 is 1.91 bits per heavy atom. The molecule has 1 saturated heterocycles. The van der Waals surface area contributed by atoms with E-state index in [9.17, 15) is 14.4 Å². The topological polar surface area (TPSA) is 108 Å². The summed E-state index contributed by atoms with van der Waals surface area (Å²) in [4.78, 5) is 58.4. The Hall–Kier alpha value is -5.02. The molecule has 11 heteroatoms. The van der Waals surface area contributed by atoms with Crippen molar-refractivity contribution in [3.8, 4) is 0 Å².